The van der Waals surface area contributed by atoms with Gasteiger partial charge in [-0.25, -0.2) is 4.98 Å². The zero-order valence-corrected chi connectivity index (χ0v) is 17.8. The third-order valence-corrected chi connectivity index (χ3v) is 6.00. The van der Waals surface area contributed by atoms with E-state index >= 15 is 0 Å². The first-order chi connectivity index (χ1) is 14.5. The van der Waals surface area contributed by atoms with E-state index in [-0.39, 0.29) is 24.3 Å². The second-order valence-corrected chi connectivity index (χ2v) is 8.37. The van der Waals surface area contributed by atoms with Gasteiger partial charge in [-0.15, -0.1) is 0 Å². The predicted molar refractivity (Wildman–Crippen MR) is 113 cm³/mol. The fourth-order valence-electron chi connectivity index (χ4n) is 4.32. The summed E-state index contributed by atoms with van der Waals surface area (Å²) in [6, 6.07) is 10.1. The monoisotopic (exact) mass is 410 g/mol. The maximum Gasteiger partial charge on any atom is 0.237 e. The Bertz CT molecular complexity index is 893. The van der Waals surface area contributed by atoms with Crippen LogP contribution in [0.3, 0.4) is 0 Å². The van der Waals surface area contributed by atoms with Gasteiger partial charge in [0.05, 0.1) is 19.0 Å². The molecule has 3 heterocycles. The Morgan fingerprint density at radius 2 is 2.03 bits per heavy atom. The van der Waals surface area contributed by atoms with Crippen LogP contribution in [0.2, 0.25) is 0 Å². The van der Waals surface area contributed by atoms with Crippen LogP contribution < -0.4 is 5.32 Å². The number of rotatable bonds is 6. The second-order valence-electron chi connectivity index (χ2n) is 8.37. The van der Waals surface area contributed by atoms with Gasteiger partial charge in [-0.05, 0) is 25.8 Å². The van der Waals surface area contributed by atoms with Crippen LogP contribution in [0.15, 0.2) is 34.7 Å². The molecule has 1 fully saturated rings. The Kier molecular flexibility index (Phi) is 6.18. The van der Waals surface area contributed by atoms with Gasteiger partial charge in [0, 0.05) is 38.5 Å². The predicted octanol–water partition coefficient (Wildman–Crippen LogP) is 1.94. The van der Waals surface area contributed by atoms with Gasteiger partial charge in [-0.2, -0.15) is 0 Å². The lowest BCUT2D eigenvalue weighted by Gasteiger charge is -2.38. The van der Waals surface area contributed by atoms with E-state index in [9.17, 15) is 9.59 Å². The van der Waals surface area contributed by atoms with Gasteiger partial charge >= 0.3 is 0 Å². The number of amides is 2. The summed E-state index contributed by atoms with van der Waals surface area (Å²) in [5, 5.41) is 2.89. The number of carbonyl (C=O) groups is 2. The second kappa shape index (κ2) is 9.00. The molecule has 2 amide bonds. The van der Waals surface area contributed by atoms with Crippen LogP contribution in [-0.4, -0.2) is 58.3 Å². The SMILES string of the molecule is CC(C)N1CCNC(=O)C1CC(=O)N1CCc2oc(CCc3ccccc3)nc2C1. The minimum atomic E-state index is -0.397. The van der Waals surface area contributed by atoms with Crippen molar-refractivity contribution in [3.05, 3.63) is 53.2 Å². The molecule has 2 aliphatic heterocycles. The molecule has 0 saturated carbocycles. The molecule has 1 unspecified atom stereocenters. The lowest BCUT2D eigenvalue weighted by atomic mass is 10.0. The molecule has 0 spiro atoms. The van der Waals surface area contributed by atoms with Crippen LogP contribution >= 0.6 is 0 Å². The van der Waals surface area contributed by atoms with E-state index in [1.54, 1.807) is 0 Å². The van der Waals surface area contributed by atoms with Gasteiger partial charge in [0.2, 0.25) is 11.8 Å². The number of aromatic nitrogens is 1. The molecule has 160 valence electrons. The Hall–Kier alpha value is -2.67. The van der Waals surface area contributed by atoms with Crippen molar-refractivity contribution in [3.63, 3.8) is 0 Å². The number of piperazine rings is 1. The normalized spacial score (nSPS) is 19.6. The van der Waals surface area contributed by atoms with E-state index in [1.165, 1.54) is 5.56 Å². The van der Waals surface area contributed by atoms with E-state index in [0.717, 1.165) is 36.7 Å². The number of oxazole rings is 1. The Labute approximate surface area is 177 Å². The van der Waals surface area contributed by atoms with Crippen LogP contribution in [0, 0.1) is 0 Å². The number of fused-ring (bicyclic) bond motifs is 1. The Balaban J connectivity index is 1.37. The van der Waals surface area contributed by atoms with Gasteiger partial charge in [-0.3, -0.25) is 14.5 Å². The quantitative estimate of drug-likeness (QED) is 0.788. The average molecular weight is 411 g/mol. The summed E-state index contributed by atoms with van der Waals surface area (Å²) in [7, 11) is 0. The fraction of sp³-hybridized carbons (Fsp3) is 0.522. The van der Waals surface area contributed by atoms with Crippen molar-refractivity contribution >= 4 is 11.8 Å². The van der Waals surface area contributed by atoms with Crippen LogP contribution in [0.4, 0.5) is 0 Å². The lowest BCUT2D eigenvalue weighted by Crippen LogP contribution is -2.58. The van der Waals surface area contributed by atoms with Crippen molar-refractivity contribution in [2.45, 2.75) is 58.2 Å². The number of carbonyl (C=O) groups excluding carboxylic acids is 2. The van der Waals surface area contributed by atoms with E-state index in [0.29, 0.717) is 26.1 Å². The standard InChI is InChI=1S/C23H30N4O3/c1-16(2)27-13-11-24-23(29)19(27)14-22(28)26-12-10-20-18(15-26)25-21(30-20)9-8-17-6-4-3-5-7-17/h3-7,16,19H,8-15H2,1-2H3,(H,24,29). The summed E-state index contributed by atoms with van der Waals surface area (Å²) in [6.45, 7) is 6.61. The number of aryl methyl sites for hydroxylation is 2. The Morgan fingerprint density at radius 1 is 1.23 bits per heavy atom. The molecular weight excluding hydrogens is 380 g/mol. The highest BCUT2D eigenvalue weighted by atomic mass is 16.4. The fourth-order valence-corrected chi connectivity index (χ4v) is 4.32. The molecule has 4 rings (SSSR count). The number of nitrogens with one attached hydrogen (secondary N) is 1. The molecule has 1 atom stereocenters. The van der Waals surface area contributed by atoms with Gasteiger partial charge < -0.3 is 14.6 Å². The van der Waals surface area contributed by atoms with E-state index in [4.69, 9.17) is 4.42 Å². The number of nitrogens with zero attached hydrogens (tertiary/aromatic N) is 3. The van der Waals surface area contributed by atoms with Gasteiger partial charge in [0.25, 0.3) is 0 Å². The molecule has 1 N–H and O–H groups in total. The molecule has 2 aromatic rings. The van der Waals surface area contributed by atoms with Crippen molar-refractivity contribution < 1.29 is 14.0 Å². The van der Waals surface area contributed by atoms with Gasteiger partial charge in [0.1, 0.15) is 11.5 Å². The Morgan fingerprint density at radius 3 is 2.80 bits per heavy atom. The molecule has 2 aliphatic rings. The van der Waals surface area contributed by atoms with E-state index in [2.05, 4.69) is 41.2 Å². The largest absolute Gasteiger partial charge is 0.445 e. The van der Waals surface area contributed by atoms with Crippen molar-refractivity contribution in [1.82, 2.24) is 20.1 Å². The summed E-state index contributed by atoms with van der Waals surface area (Å²) in [4.78, 5) is 33.9. The summed E-state index contributed by atoms with van der Waals surface area (Å²) >= 11 is 0. The summed E-state index contributed by atoms with van der Waals surface area (Å²) in [5.74, 6) is 1.57. The summed E-state index contributed by atoms with van der Waals surface area (Å²) in [6.07, 6.45) is 2.50. The first-order valence-electron chi connectivity index (χ1n) is 10.8. The first-order valence-corrected chi connectivity index (χ1v) is 10.8. The number of hydrogen-bond acceptors (Lipinski definition) is 5. The highest BCUT2D eigenvalue weighted by Gasteiger charge is 2.35. The van der Waals surface area contributed by atoms with Crippen molar-refractivity contribution in [2.24, 2.45) is 0 Å². The molecule has 1 aromatic carbocycles. The lowest BCUT2D eigenvalue weighted by molar-refractivity contribution is -0.140. The van der Waals surface area contributed by atoms with Crippen LogP contribution in [0.25, 0.3) is 0 Å². The highest BCUT2D eigenvalue weighted by molar-refractivity contribution is 5.89. The van der Waals surface area contributed by atoms with E-state index in [1.807, 2.05) is 23.1 Å². The molecule has 30 heavy (non-hydrogen) atoms. The third-order valence-electron chi connectivity index (χ3n) is 6.00. The molecule has 1 aromatic heterocycles. The molecule has 0 radical (unpaired) electrons. The molecule has 0 aliphatic carbocycles. The third kappa shape index (κ3) is 4.56. The number of hydrogen-bond donors (Lipinski definition) is 1. The summed E-state index contributed by atoms with van der Waals surface area (Å²) in [5.41, 5.74) is 2.11. The van der Waals surface area contributed by atoms with Crippen LogP contribution in [-0.2, 0) is 35.4 Å². The molecule has 7 heteroatoms. The molecule has 0 bridgehead atoms. The van der Waals surface area contributed by atoms with E-state index < -0.39 is 6.04 Å². The maximum atomic E-state index is 13.0. The number of benzene rings is 1. The van der Waals surface area contributed by atoms with Crippen LogP contribution in [0.5, 0.6) is 0 Å². The molecule has 7 nitrogen and oxygen atoms in total. The van der Waals surface area contributed by atoms with Gasteiger partial charge in [-0.1, -0.05) is 30.3 Å². The van der Waals surface area contributed by atoms with Crippen molar-refractivity contribution in [2.75, 3.05) is 19.6 Å². The van der Waals surface area contributed by atoms with Crippen LogP contribution in [0.1, 0.15) is 43.2 Å². The smallest absolute Gasteiger partial charge is 0.237 e. The minimum Gasteiger partial charge on any atom is -0.445 e. The topological polar surface area (TPSA) is 78.7 Å². The molecular formula is C23H30N4O3. The maximum absolute atomic E-state index is 13.0. The van der Waals surface area contributed by atoms with Crippen molar-refractivity contribution in [1.29, 1.82) is 0 Å². The highest BCUT2D eigenvalue weighted by Crippen LogP contribution is 2.22. The van der Waals surface area contributed by atoms with Gasteiger partial charge in [0.15, 0.2) is 5.89 Å². The average Bonchev–Trinajstić information content (AvgIpc) is 3.16. The zero-order chi connectivity index (χ0) is 21.1. The summed E-state index contributed by atoms with van der Waals surface area (Å²) < 4.78 is 5.95. The molecule has 1 saturated heterocycles. The van der Waals surface area contributed by atoms with Crippen molar-refractivity contribution in [3.8, 4) is 0 Å². The zero-order valence-electron chi connectivity index (χ0n) is 17.8. The first kappa shape index (κ1) is 20.6. The minimum absolute atomic E-state index is 0.00202.